The van der Waals surface area contributed by atoms with Crippen molar-refractivity contribution in [2.75, 3.05) is 11.1 Å². The third kappa shape index (κ3) is 2.16. The minimum Gasteiger partial charge on any atom is -0.368 e. The largest absolute Gasteiger partial charge is 0.368 e. The predicted molar refractivity (Wildman–Crippen MR) is 83.1 cm³/mol. The average Bonchev–Trinajstić information content (AvgIpc) is 2.42. The number of fused-ring (bicyclic) bond motifs is 1. The number of hydrogen-bond acceptors (Lipinski definition) is 4. The van der Waals surface area contributed by atoms with E-state index in [9.17, 15) is 0 Å². The van der Waals surface area contributed by atoms with Crippen molar-refractivity contribution in [3.63, 3.8) is 0 Å². The summed E-state index contributed by atoms with van der Waals surface area (Å²) in [6.45, 7) is 4.08. The van der Waals surface area contributed by atoms with E-state index in [-0.39, 0.29) is 5.95 Å². The fourth-order valence-corrected chi connectivity index (χ4v) is 2.25. The third-order valence-electron chi connectivity index (χ3n) is 3.34. The molecule has 0 bridgehead atoms. The van der Waals surface area contributed by atoms with Crippen LogP contribution < -0.4 is 11.1 Å². The van der Waals surface area contributed by atoms with E-state index in [0.717, 1.165) is 33.5 Å². The van der Waals surface area contributed by atoms with Gasteiger partial charge in [0.1, 0.15) is 5.82 Å². The summed E-state index contributed by atoms with van der Waals surface area (Å²) in [5, 5.41) is 4.33. The number of nitrogens with zero attached hydrogens (tertiary/aromatic N) is 2. The predicted octanol–water partition coefficient (Wildman–Crippen LogP) is 3.57. The number of nitrogen functional groups attached to an aromatic ring is 1. The van der Waals surface area contributed by atoms with Gasteiger partial charge in [-0.25, -0.2) is 4.98 Å². The molecule has 0 radical (unpaired) electrons. The van der Waals surface area contributed by atoms with Gasteiger partial charge in [-0.3, -0.25) is 0 Å². The molecule has 1 heterocycles. The topological polar surface area (TPSA) is 63.8 Å². The number of rotatable bonds is 2. The van der Waals surface area contributed by atoms with Gasteiger partial charge in [0.15, 0.2) is 0 Å². The minimum atomic E-state index is 0.280. The molecule has 4 nitrogen and oxygen atoms in total. The van der Waals surface area contributed by atoms with Crippen LogP contribution in [0, 0.1) is 13.8 Å². The Bertz CT molecular complexity index is 781. The van der Waals surface area contributed by atoms with E-state index in [1.54, 1.807) is 0 Å². The van der Waals surface area contributed by atoms with Crippen molar-refractivity contribution in [1.82, 2.24) is 9.97 Å². The zero-order chi connectivity index (χ0) is 14.1. The lowest BCUT2D eigenvalue weighted by Crippen LogP contribution is -2.02. The van der Waals surface area contributed by atoms with Crippen molar-refractivity contribution >= 4 is 28.4 Å². The lowest BCUT2D eigenvalue weighted by molar-refractivity contribution is 1.22. The Morgan fingerprint density at radius 2 is 1.65 bits per heavy atom. The first-order valence-electron chi connectivity index (χ1n) is 6.50. The zero-order valence-electron chi connectivity index (χ0n) is 11.5. The molecule has 3 rings (SSSR count). The monoisotopic (exact) mass is 264 g/mol. The molecule has 0 aliphatic heterocycles. The summed E-state index contributed by atoms with van der Waals surface area (Å²) in [4.78, 5) is 8.66. The molecule has 2 aromatic carbocycles. The van der Waals surface area contributed by atoms with Gasteiger partial charge < -0.3 is 11.1 Å². The van der Waals surface area contributed by atoms with E-state index in [1.165, 1.54) is 0 Å². The molecule has 0 saturated heterocycles. The quantitative estimate of drug-likeness (QED) is 0.742. The van der Waals surface area contributed by atoms with Gasteiger partial charge in [0, 0.05) is 11.1 Å². The number of aryl methyl sites for hydroxylation is 2. The van der Waals surface area contributed by atoms with Crippen LogP contribution in [0.4, 0.5) is 17.5 Å². The summed E-state index contributed by atoms with van der Waals surface area (Å²) in [6, 6.07) is 14.1. The Kier molecular flexibility index (Phi) is 2.99. The maximum absolute atomic E-state index is 5.82. The summed E-state index contributed by atoms with van der Waals surface area (Å²) < 4.78 is 0. The summed E-state index contributed by atoms with van der Waals surface area (Å²) in [5.74, 6) is 1.02. The molecular formula is C16H16N4. The molecule has 0 aliphatic rings. The highest BCUT2D eigenvalue weighted by molar-refractivity contribution is 5.93. The van der Waals surface area contributed by atoms with Gasteiger partial charge in [-0.15, -0.1) is 0 Å². The molecule has 4 heteroatoms. The number of nitrogens with two attached hydrogens (primary N) is 1. The Balaban J connectivity index is 2.17. The van der Waals surface area contributed by atoms with Crippen LogP contribution in [0.2, 0.25) is 0 Å². The van der Waals surface area contributed by atoms with E-state index in [0.29, 0.717) is 0 Å². The highest BCUT2D eigenvalue weighted by atomic mass is 15.1. The van der Waals surface area contributed by atoms with E-state index < -0.39 is 0 Å². The lowest BCUT2D eigenvalue weighted by atomic mass is 10.1. The second-order valence-corrected chi connectivity index (χ2v) is 4.84. The molecule has 0 aliphatic carbocycles. The van der Waals surface area contributed by atoms with E-state index >= 15 is 0 Å². The van der Waals surface area contributed by atoms with Gasteiger partial charge >= 0.3 is 0 Å². The second kappa shape index (κ2) is 4.81. The SMILES string of the molecule is Cc1ccccc1Nc1nc(N)nc2c(C)cccc12. The molecule has 0 unspecified atom stereocenters. The van der Waals surface area contributed by atoms with Crippen molar-refractivity contribution < 1.29 is 0 Å². The highest BCUT2D eigenvalue weighted by Crippen LogP contribution is 2.27. The first-order valence-corrected chi connectivity index (χ1v) is 6.50. The maximum Gasteiger partial charge on any atom is 0.222 e. The van der Waals surface area contributed by atoms with Gasteiger partial charge in [0.2, 0.25) is 5.95 Å². The molecule has 3 N–H and O–H groups in total. The number of benzene rings is 2. The number of hydrogen-bond donors (Lipinski definition) is 2. The van der Waals surface area contributed by atoms with Gasteiger partial charge in [0.05, 0.1) is 5.52 Å². The third-order valence-corrected chi connectivity index (χ3v) is 3.34. The van der Waals surface area contributed by atoms with Crippen molar-refractivity contribution in [2.45, 2.75) is 13.8 Å². The zero-order valence-corrected chi connectivity index (χ0v) is 11.5. The molecular weight excluding hydrogens is 248 g/mol. The number of anilines is 3. The Morgan fingerprint density at radius 3 is 2.45 bits per heavy atom. The molecule has 1 aromatic heterocycles. The lowest BCUT2D eigenvalue weighted by Gasteiger charge is -2.12. The summed E-state index contributed by atoms with van der Waals surface area (Å²) in [5.41, 5.74) is 9.98. The van der Waals surface area contributed by atoms with Gasteiger partial charge in [-0.1, -0.05) is 30.3 Å². The molecule has 0 saturated carbocycles. The smallest absolute Gasteiger partial charge is 0.222 e. The first-order chi connectivity index (χ1) is 9.65. The number of aromatic nitrogens is 2. The van der Waals surface area contributed by atoms with Crippen molar-refractivity contribution in [3.05, 3.63) is 53.6 Å². The molecule has 0 fully saturated rings. The number of para-hydroxylation sites is 2. The average molecular weight is 264 g/mol. The molecule has 20 heavy (non-hydrogen) atoms. The van der Waals surface area contributed by atoms with E-state index in [4.69, 9.17) is 5.73 Å². The molecule has 0 atom stereocenters. The van der Waals surface area contributed by atoms with Crippen LogP contribution >= 0.6 is 0 Å². The highest BCUT2D eigenvalue weighted by Gasteiger charge is 2.08. The molecule has 0 amide bonds. The maximum atomic E-state index is 5.82. The fraction of sp³-hybridized carbons (Fsp3) is 0.125. The molecule has 100 valence electrons. The second-order valence-electron chi connectivity index (χ2n) is 4.84. The van der Waals surface area contributed by atoms with Crippen LogP contribution in [0.25, 0.3) is 10.9 Å². The fourth-order valence-electron chi connectivity index (χ4n) is 2.25. The van der Waals surface area contributed by atoms with Crippen LogP contribution in [0.15, 0.2) is 42.5 Å². The van der Waals surface area contributed by atoms with Gasteiger partial charge in [-0.2, -0.15) is 4.98 Å². The van der Waals surface area contributed by atoms with Crippen LogP contribution in [-0.4, -0.2) is 9.97 Å². The van der Waals surface area contributed by atoms with Crippen LogP contribution in [-0.2, 0) is 0 Å². The Hall–Kier alpha value is -2.62. The van der Waals surface area contributed by atoms with Crippen molar-refractivity contribution in [1.29, 1.82) is 0 Å². The van der Waals surface area contributed by atoms with Gasteiger partial charge in [-0.05, 0) is 37.1 Å². The summed E-state index contributed by atoms with van der Waals surface area (Å²) in [6.07, 6.45) is 0. The van der Waals surface area contributed by atoms with Gasteiger partial charge in [0.25, 0.3) is 0 Å². The Labute approximate surface area is 117 Å². The van der Waals surface area contributed by atoms with Crippen molar-refractivity contribution in [3.8, 4) is 0 Å². The Morgan fingerprint density at radius 1 is 0.900 bits per heavy atom. The normalized spacial score (nSPS) is 10.7. The van der Waals surface area contributed by atoms with E-state index in [1.807, 2.05) is 43.3 Å². The van der Waals surface area contributed by atoms with Crippen LogP contribution in [0.5, 0.6) is 0 Å². The van der Waals surface area contributed by atoms with Crippen molar-refractivity contribution in [2.24, 2.45) is 0 Å². The minimum absolute atomic E-state index is 0.280. The molecule has 3 aromatic rings. The summed E-state index contributed by atoms with van der Waals surface area (Å²) in [7, 11) is 0. The first kappa shape index (κ1) is 12.4. The van der Waals surface area contributed by atoms with Crippen LogP contribution in [0.3, 0.4) is 0 Å². The number of nitrogens with one attached hydrogen (secondary N) is 1. The standard InChI is InChI=1S/C16H16N4/c1-10-6-3-4-9-13(10)18-15-12-8-5-7-11(2)14(12)19-16(17)20-15/h3-9H,1-2H3,(H3,17,18,19,20). The molecule has 0 spiro atoms. The summed E-state index contributed by atoms with van der Waals surface area (Å²) >= 11 is 0. The van der Waals surface area contributed by atoms with Crippen LogP contribution in [0.1, 0.15) is 11.1 Å². The van der Waals surface area contributed by atoms with E-state index in [2.05, 4.69) is 28.3 Å².